The highest BCUT2D eigenvalue weighted by molar-refractivity contribution is 5.70. The van der Waals surface area contributed by atoms with E-state index in [9.17, 15) is 4.79 Å². The molecule has 21 heavy (non-hydrogen) atoms. The number of carbonyl (C=O) groups is 1. The van der Waals surface area contributed by atoms with Crippen LogP contribution in [0.5, 0.6) is 0 Å². The van der Waals surface area contributed by atoms with Crippen LogP contribution in [0.1, 0.15) is 33.6 Å². The summed E-state index contributed by atoms with van der Waals surface area (Å²) in [5.41, 5.74) is 0. The molecule has 2 aliphatic heterocycles. The highest BCUT2D eigenvalue weighted by Gasteiger charge is 2.41. The van der Waals surface area contributed by atoms with Gasteiger partial charge in [0.25, 0.3) is 0 Å². The van der Waals surface area contributed by atoms with Gasteiger partial charge in [-0.25, -0.2) is 0 Å². The van der Waals surface area contributed by atoms with Gasteiger partial charge in [0.1, 0.15) is 19.0 Å². The minimum absolute atomic E-state index is 0.120. The first-order chi connectivity index (χ1) is 9.89. The van der Waals surface area contributed by atoms with Crippen LogP contribution in [0, 0.1) is 0 Å². The molecule has 1 saturated heterocycles. The maximum atomic E-state index is 11.9. The van der Waals surface area contributed by atoms with Crippen molar-refractivity contribution in [3.8, 4) is 0 Å². The quantitative estimate of drug-likeness (QED) is 0.450. The van der Waals surface area contributed by atoms with E-state index in [4.69, 9.17) is 23.7 Å². The average Bonchev–Trinajstić information content (AvgIpc) is 2.66. The number of hydrogen-bond acceptors (Lipinski definition) is 6. The van der Waals surface area contributed by atoms with Gasteiger partial charge in [-0.15, -0.1) is 0 Å². The first kappa shape index (κ1) is 16.4. The first-order valence-electron chi connectivity index (χ1n) is 7.23. The van der Waals surface area contributed by atoms with Gasteiger partial charge in [-0.1, -0.05) is 12.2 Å². The normalized spacial score (nSPS) is 37.6. The average molecular weight is 300 g/mol. The Labute approximate surface area is 125 Å². The van der Waals surface area contributed by atoms with Crippen LogP contribution >= 0.6 is 0 Å². The summed E-state index contributed by atoms with van der Waals surface area (Å²) in [5, 5.41) is 0. The smallest absolute Gasteiger partial charge is 0.309 e. The second kappa shape index (κ2) is 6.87. The number of rotatable bonds is 3. The van der Waals surface area contributed by atoms with Crippen molar-refractivity contribution in [3.63, 3.8) is 0 Å². The summed E-state index contributed by atoms with van der Waals surface area (Å²) in [6, 6.07) is 0. The lowest BCUT2D eigenvalue weighted by atomic mass is 10.0. The second-order valence-corrected chi connectivity index (χ2v) is 5.88. The fraction of sp³-hybridized carbons (Fsp3) is 0.800. The molecule has 0 aromatic carbocycles. The molecule has 4 atom stereocenters. The van der Waals surface area contributed by atoms with E-state index in [-0.39, 0.29) is 37.5 Å². The molecule has 120 valence electrons. The van der Waals surface area contributed by atoms with E-state index in [1.165, 1.54) is 7.11 Å². The molecule has 2 heterocycles. The molecular formula is C15H24O6. The molecular weight excluding hydrogens is 276 g/mol. The molecule has 0 saturated carbocycles. The lowest BCUT2D eigenvalue weighted by Crippen LogP contribution is -2.31. The fourth-order valence-electron chi connectivity index (χ4n) is 2.59. The van der Waals surface area contributed by atoms with Gasteiger partial charge in [0.2, 0.25) is 0 Å². The summed E-state index contributed by atoms with van der Waals surface area (Å²) in [7, 11) is 1.54. The Morgan fingerprint density at radius 3 is 2.81 bits per heavy atom. The highest BCUT2D eigenvalue weighted by atomic mass is 16.8. The summed E-state index contributed by atoms with van der Waals surface area (Å²) >= 11 is 0. The van der Waals surface area contributed by atoms with Crippen LogP contribution in [-0.4, -0.2) is 50.1 Å². The van der Waals surface area contributed by atoms with Crippen molar-refractivity contribution in [2.24, 2.45) is 0 Å². The van der Waals surface area contributed by atoms with Gasteiger partial charge in [0.05, 0.1) is 18.6 Å². The van der Waals surface area contributed by atoms with Crippen LogP contribution in [0.3, 0.4) is 0 Å². The van der Waals surface area contributed by atoms with Crippen molar-refractivity contribution < 1.29 is 28.5 Å². The summed E-state index contributed by atoms with van der Waals surface area (Å²) in [6.45, 7) is 5.74. The molecule has 2 rings (SSSR count). The lowest BCUT2D eigenvalue weighted by molar-refractivity contribution is -0.157. The molecule has 0 unspecified atom stereocenters. The molecule has 0 bridgehead atoms. The van der Waals surface area contributed by atoms with E-state index in [0.29, 0.717) is 6.42 Å². The molecule has 0 radical (unpaired) electrons. The van der Waals surface area contributed by atoms with Crippen molar-refractivity contribution in [1.29, 1.82) is 0 Å². The maximum Gasteiger partial charge on any atom is 0.309 e. The van der Waals surface area contributed by atoms with E-state index < -0.39 is 11.9 Å². The van der Waals surface area contributed by atoms with Gasteiger partial charge in [0, 0.05) is 13.5 Å². The second-order valence-electron chi connectivity index (χ2n) is 5.88. The molecule has 0 spiro atoms. The maximum absolute atomic E-state index is 11.9. The van der Waals surface area contributed by atoms with Crippen molar-refractivity contribution >= 4 is 5.97 Å². The molecule has 6 heteroatoms. The van der Waals surface area contributed by atoms with Crippen LogP contribution in [0.4, 0.5) is 0 Å². The van der Waals surface area contributed by atoms with Crippen molar-refractivity contribution in [1.82, 2.24) is 0 Å². The zero-order chi connectivity index (χ0) is 15.5. The van der Waals surface area contributed by atoms with Crippen molar-refractivity contribution in [3.05, 3.63) is 12.2 Å². The Morgan fingerprint density at radius 1 is 1.33 bits per heavy atom. The van der Waals surface area contributed by atoms with E-state index in [0.717, 1.165) is 0 Å². The van der Waals surface area contributed by atoms with Gasteiger partial charge >= 0.3 is 5.97 Å². The summed E-state index contributed by atoms with van der Waals surface area (Å²) in [5.74, 6) is -0.926. The Morgan fingerprint density at radius 2 is 2.10 bits per heavy atom. The summed E-state index contributed by atoms with van der Waals surface area (Å²) in [4.78, 5) is 11.9. The van der Waals surface area contributed by atoms with Gasteiger partial charge in [0.15, 0.2) is 5.79 Å². The topological polar surface area (TPSA) is 63.2 Å². The van der Waals surface area contributed by atoms with Gasteiger partial charge in [-0.3, -0.25) is 4.79 Å². The number of methoxy groups -OCH3 is 1. The van der Waals surface area contributed by atoms with Crippen molar-refractivity contribution in [2.75, 3.05) is 13.9 Å². The number of carbonyl (C=O) groups excluding carboxylic acids is 1. The summed E-state index contributed by atoms with van der Waals surface area (Å²) in [6.07, 6.45) is 3.56. The Bertz CT molecular complexity index is 392. The number of fused-ring (bicyclic) bond motifs is 1. The predicted molar refractivity (Wildman–Crippen MR) is 74.5 cm³/mol. The molecule has 6 nitrogen and oxygen atoms in total. The first-order valence-corrected chi connectivity index (χ1v) is 7.23. The number of hydrogen-bond donors (Lipinski definition) is 0. The fourth-order valence-corrected chi connectivity index (χ4v) is 2.59. The largest absolute Gasteiger partial charge is 0.462 e. The minimum atomic E-state index is -0.639. The van der Waals surface area contributed by atoms with Crippen LogP contribution in [0.25, 0.3) is 0 Å². The SMILES string of the molecule is COCO[C@@H]1/C=C/[C@@H]2OC(C)(C)O[C@H]2C[C@@H](C)OC(=O)C1. The van der Waals surface area contributed by atoms with Crippen LogP contribution in [-0.2, 0) is 28.5 Å². The molecule has 2 aliphatic rings. The monoisotopic (exact) mass is 300 g/mol. The molecule has 0 amide bonds. The van der Waals surface area contributed by atoms with Crippen LogP contribution in [0.15, 0.2) is 12.2 Å². The van der Waals surface area contributed by atoms with E-state index in [1.807, 2.05) is 32.9 Å². The molecule has 1 fully saturated rings. The lowest BCUT2D eigenvalue weighted by Gasteiger charge is -2.22. The third-order valence-corrected chi connectivity index (χ3v) is 3.40. The van der Waals surface area contributed by atoms with Crippen molar-refractivity contribution in [2.45, 2.75) is 63.8 Å². The molecule has 0 N–H and O–H groups in total. The van der Waals surface area contributed by atoms with Gasteiger partial charge < -0.3 is 23.7 Å². The zero-order valence-corrected chi connectivity index (χ0v) is 13.0. The molecule has 0 aromatic rings. The number of cyclic esters (lactones) is 1. The van der Waals surface area contributed by atoms with Crippen LogP contribution < -0.4 is 0 Å². The minimum Gasteiger partial charge on any atom is -0.462 e. The van der Waals surface area contributed by atoms with Gasteiger partial charge in [-0.2, -0.15) is 0 Å². The summed E-state index contributed by atoms with van der Waals surface area (Å²) < 4.78 is 27.5. The van der Waals surface area contributed by atoms with Crippen LogP contribution in [0.2, 0.25) is 0 Å². The molecule has 0 aromatic heterocycles. The zero-order valence-electron chi connectivity index (χ0n) is 13.0. The Kier molecular flexibility index (Phi) is 5.37. The third kappa shape index (κ3) is 4.78. The number of esters is 1. The Hall–Kier alpha value is -0.950. The molecule has 0 aliphatic carbocycles. The number of ether oxygens (including phenoxy) is 5. The standard InChI is InChI=1S/C15H24O6/c1-10-7-13-12(20-15(2,3)21-13)6-5-11(18-9-17-4)8-14(16)19-10/h5-6,10-13H,7-9H2,1-4H3/b6-5+/t10-,11-,12+,13+/m1/s1. The van der Waals surface area contributed by atoms with E-state index >= 15 is 0 Å². The third-order valence-electron chi connectivity index (χ3n) is 3.40. The van der Waals surface area contributed by atoms with Gasteiger partial charge in [-0.05, 0) is 20.8 Å². The van der Waals surface area contributed by atoms with E-state index in [1.54, 1.807) is 0 Å². The predicted octanol–water partition coefficient (Wildman–Crippen LogP) is 1.78. The van der Waals surface area contributed by atoms with E-state index in [2.05, 4.69) is 0 Å². The Balaban J connectivity index is 2.13. The highest BCUT2D eigenvalue weighted by Crippen LogP contribution is 2.32.